The van der Waals surface area contributed by atoms with E-state index < -0.39 is 35.6 Å². The number of nitrogens with one attached hydrogen (secondary N) is 1. The molecule has 0 aliphatic carbocycles. The van der Waals surface area contributed by atoms with Gasteiger partial charge in [-0.05, 0) is 32.0 Å². The first-order valence-electron chi connectivity index (χ1n) is 7.23. The molecule has 0 aliphatic rings. The van der Waals surface area contributed by atoms with Gasteiger partial charge in [-0.3, -0.25) is 9.59 Å². The molecule has 0 radical (unpaired) electrons. The maximum atomic E-state index is 12.7. The number of hydrogen-bond donors (Lipinski definition) is 2. The van der Waals surface area contributed by atoms with Crippen LogP contribution in [0.4, 0.5) is 13.2 Å². The summed E-state index contributed by atoms with van der Waals surface area (Å²) in [7, 11) is 0. The third kappa shape index (κ3) is 4.34. The van der Waals surface area contributed by atoms with E-state index in [1.165, 1.54) is 32.2 Å². The SMILES string of the molecule is CC(NC(=O)c1cn(-c2cccc(C(F)(F)F)c2)nn1)C(C)C(=O)O. The van der Waals surface area contributed by atoms with E-state index in [1.807, 2.05) is 0 Å². The van der Waals surface area contributed by atoms with Gasteiger partial charge in [0, 0.05) is 6.04 Å². The van der Waals surface area contributed by atoms with Crippen molar-refractivity contribution in [2.24, 2.45) is 5.92 Å². The summed E-state index contributed by atoms with van der Waals surface area (Å²) in [5.41, 5.74) is -0.898. The highest BCUT2D eigenvalue weighted by atomic mass is 19.4. The second kappa shape index (κ2) is 6.91. The summed E-state index contributed by atoms with van der Waals surface area (Å²) >= 11 is 0. The Hall–Kier alpha value is -2.91. The summed E-state index contributed by atoms with van der Waals surface area (Å²) in [5.74, 6) is -2.55. The van der Waals surface area contributed by atoms with E-state index in [0.717, 1.165) is 16.8 Å². The fraction of sp³-hybridized carbons (Fsp3) is 0.333. The number of carboxylic acids is 1. The van der Waals surface area contributed by atoms with Gasteiger partial charge in [0.15, 0.2) is 5.69 Å². The van der Waals surface area contributed by atoms with Crippen LogP contribution in [0.2, 0.25) is 0 Å². The number of alkyl halides is 3. The lowest BCUT2D eigenvalue weighted by atomic mass is 10.0. The summed E-state index contributed by atoms with van der Waals surface area (Å²) in [6, 6.07) is 3.74. The van der Waals surface area contributed by atoms with Crippen LogP contribution in [0, 0.1) is 5.92 Å². The summed E-state index contributed by atoms with van der Waals surface area (Å²) in [5, 5.41) is 18.6. The molecule has 7 nitrogen and oxygen atoms in total. The lowest BCUT2D eigenvalue weighted by Gasteiger charge is -2.16. The fourth-order valence-corrected chi connectivity index (χ4v) is 1.94. The van der Waals surface area contributed by atoms with Crippen molar-refractivity contribution in [1.29, 1.82) is 0 Å². The Morgan fingerprint density at radius 2 is 1.96 bits per heavy atom. The Kier molecular flexibility index (Phi) is 5.10. The predicted molar refractivity (Wildman–Crippen MR) is 80.1 cm³/mol. The molecule has 0 saturated carbocycles. The zero-order chi connectivity index (χ0) is 18.8. The first kappa shape index (κ1) is 18.4. The molecule has 0 bridgehead atoms. The van der Waals surface area contributed by atoms with Crippen LogP contribution in [0.1, 0.15) is 29.9 Å². The molecular weight excluding hydrogens is 341 g/mol. The van der Waals surface area contributed by atoms with Gasteiger partial charge in [-0.2, -0.15) is 13.2 Å². The molecular formula is C15H15F3N4O3. The summed E-state index contributed by atoms with van der Waals surface area (Å²) < 4.78 is 39.3. The van der Waals surface area contributed by atoms with Crippen molar-refractivity contribution in [3.8, 4) is 5.69 Å². The summed E-state index contributed by atoms with van der Waals surface area (Å²) in [6.45, 7) is 2.96. The van der Waals surface area contributed by atoms with Crippen LogP contribution in [0.15, 0.2) is 30.5 Å². The average Bonchev–Trinajstić information content (AvgIpc) is 3.03. The number of carbonyl (C=O) groups is 2. The minimum atomic E-state index is -4.50. The molecule has 2 unspecified atom stereocenters. The van der Waals surface area contributed by atoms with E-state index >= 15 is 0 Å². The maximum absolute atomic E-state index is 12.7. The Labute approximate surface area is 140 Å². The van der Waals surface area contributed by atoms with Gasteiger partial charge in [-0.1, -0.05) is 11.3 Å². The van der Waals surface area contributed by atoms with Crippen LogP contribution in [0.25, 0.3) is 5.69 Å². The maximum Gasteiger partial charge on any atom is 0.416 e. The van der Waals surface area contributed by atoms with Gasteiger partial charge in [0.25, 0.3) is 5.91 Å². The quantitative estimate of drug-likeness (QED) is 0.855. The van der Waals surface area contributed by atoms with E-state index in [2.05, 4.69) is 15.6 Å². The predicted octanol–water partition coefficient (Wildman–Crippen LogP) is 2.13. The monoisotopic (exact) mass is 356 g/mol. The minimum Gasteiger partial charge on any atom is -0.481 e. The number of hydrogen-bond acceptors (Lipinski definition) is 4. The van der Waals surface area contributed by atoms with Crippen molar-refractivity contribution in [2.45, 2.75) is 26.1 Å². The van der Waals surface area contributed by atoms with Gasteiger partial charge >= 0.3 is 12.1 Å². The van der Waals surface area contributed by atoms with E-state index in [4.69, 9.17) is 5.11 Å². The van der Waals surface area contributed by atoms with Crippen LogP contribution >= 0.6 is 0 Å². The normalized spacial score (nSPS) is 14.0. The number of aromatic nitrogens is 3. The second-order valence-electron chi connectivity index (χ2n) is 5.49. The number of amides is 1. The molecule has 2 atom stereocenters. The number of benzene rings is 1. The third-order valence-electron chi connectivity index (χ3n) is 3.66. The van der Waals surface area contributed by atoms with Crippen LogP contribution in [0.3, 0.4) is 0 Å². The van der Waals surface area contributed by atoms with Crippen molar-refractivity contribution >= 4 is 11.9 Å². The molecule has 1 amide bonds. The van der Waals surface area contributed by atoms with Crippen molar-refractivity contribution in [2.75, 3.05) is 0 Å². The standard InChI is InChI=1S/C15H15F3N4O3/c1-8(14(24)25)9(2)19-13(23)12-7-22(21-20-12)11-5-3-4-10(6-11)15(16,17)18/h3-9H,1-2H3,(H,19,23)(H,24,25). The minimum absolute atomic E-state index is 0.0910. The van der Waals surface area contributed by atoms with Crippen LogP contribution in [-0.4, -0.2) is 38.0 Å². The summed E-state index contributed by atoms with van der Waals surface area (Å²) in [6.07, 6.45) is -3.33. The van der Waals surface area contributed by atoms with Gasteiger partial charge in [-0.15, -0.1) is 5.10 Å². The van der Waals surface area contributed by atoms with Crippen molar-refractivity contribution < 1.29 is 27.9 Å². The Bertz CT molecular complexity index is 788. The largest absolute Gasteiger partial charge is 0.481 e. The number of nitrogens with zero attached hydrogens (tertiary/aromatic N) is 3. The summed E-state index contributed by atoms with van der Waals surface area (Å²) in [4.78, 5) is 22.9. The fourth-order valence-electron chi connectivity index (χ4n) is 1.94. The number of aliphatic carboxylic acids is 1. The molecule has 1 heterocycles. The Balaban J connectivity index is 2.17. The molecule has 1 aromatic heterocycles. The lowest BCUT2D eigenvalue weighted by molar-refractivity contribution is -0.142. The molecule has 134 valence electrons. The molecule has 0 spiro atoms. The van der Waals surface area contributed by atoms with Gasteiger partial charge in [0.1, 0.15) is 0 Å². The van der Waals surface area contributed by atoms with Crippen LogP contribution in [-0.2, 0) is 11.0 Å². The average molecular weight is 356 g/mol. The van der Waals surface area contributed by atoms with E-state index in [9.17, 15) is 22.8 Å². The molecule has 1 aromatic carbocycles. The van der Waals surface area contributed by atoms with Crippen molar-refractivity contribution in [3.05, 3.63) is 41.7 Å². The second-order valence-corrected chi connectivity index (χ2v) is 5.49. The van der Waals surface area contributed by atoms with Crippen LogP contribution < -0.4 is 5.32 Å². The highest BCUT2D eigenvalue weighted by molar-refractivity contribution is 5.92. The Morgan fingerprint density at radius 1 is 1.28 bits per heavy atom. The smallest absolute Gasteiger partial charge is 0.416 e. The first-order valence-corrected chi connectivity index (χ1v) is 7.23. The molecule has 0 fully saturated rings. The van der Waals surface area contributed by atoms with E-state index in [-0.39, 0.29) is 11.4 Å². The zero-order valence-electron chi connectivity index (χ0n) is 13.3. The third-order valence-corrected chi connectivity index (χ3v) is 3.66. The van der Waals surface area contributed by atoms with Crippen LogP contribution in [0.5, 0.6) is 0 Å². The Morgan fingerprint density at radius 3 is 2.56 bits per heavy atom. The number of carboxylic acid groups (broad SMARTS) is 1. The molecule has 10 heteroatoms. The molecule has 2 aromatic rings. The zero-order valence-corrected chi connectivity index (χ0v) is 13.3. The lowest BCUT2D eigenvalue weighted by Crippen LogP contribution is -2.40. The number of halogens is 3. The van der Waals surface area contributed by atoms with Gasteiger partial charge in [0.2, 0.25) is 0 Å². The number of rotatable bonds is 5. The van der Waals surface area contributed by atoms with E-state index in [0.29, 0.717) is 0 Å². The molecule has 2 rings (SSSR count). The first-order chi connectivity index (χ1) is 11.6. The highest BCUT2D eigenvalue weighted by Gasteiger charge is 2.30. The highest BCUT2D eigenvalue weighted by Crippen LogP contribution is 2.30. The topological polar surface area (TPSA) is 97.1 Å². The van der Waals surface area contributed by atoms with Crippen molar-refractivity contribution in [1.82, 2.24) is 20.3 Å². The molecule has 0 saturated heterocycles. The number of carbonyl (C=O) groups excluding carboxylic acids is 1. The molecule has 25 heavy (non-hydrogen) atoms. The van der Waals surface area contributed by atoms with Gasteiger partial charge in [-0.25, -0.2) is 4.68 Å². The molecule has 2 N–H and O–H groups in total. The van der Waals surface area contributed by atoms with Crippen molar-refractivity contribution in [3.63, 3.8) is 0 Å². The molecule has 0 aliphatic heterocycles. The van der Waals surface area contributed by atoms with Gasteiger partial charge in [0.05, 0.1) is 23.4 Å². The van der Waals surface area contributed by atoms with E-state index in [1.54, 1.807) is 0 Å². The van der Waals surface area contributed by atoms with Gasteiger partial charge < -0.3 is 10.4 Å².